The number of nitrogens with one attached hydrogen (secondary N) is 1. The Morgan fingerprint density at radius 2 is 2.03 bits per heavy atom. The number of thioether (sulfide) groups is 1. The number of tetrazole rings is 1. The number of benzene rings is 2. The molecule has 1 aromatic heterocycles. The lowest BCUT2D eigenvalue weighted by Gasteiger charge is -2.34. The second kappa shape index (κ2) is 9.84. The van der Waals surface area contributed by atoms with Gasteiger partial charge in [0.15, 0.2) is 0 Å². The quantitative estimate of drug-likeness (QED) is 0.561. The largest absolute Gasteiger partial charge is 0.365 e. The van der Waals surface area contributed by atoms with E-state index in [-0.39, 0.29) is 24.7 Å². The minimum Gasteiger partial charge on any atom is -0.365 e. The van der Waals surface area contributed by atoms with Crippen LogP contribution in [0.25, 0.3) is 0 Å². The van der Waals surface area contributed by atoms with Gasteiger partial charge in [-0.05, 0) is 35.4 Å². The molecule has 2 aliphatic rings. The Hall–Kier alpha value is -3.54. The van der Waals surface area contributed by atoms with Gasteiger partial charge in [-0.15, -0.1) is 22.0 Å². The molecule has 9 nitrogen and oxygen atoms in total. The summed E-state index contributed by atoms with van der Waals surface area (Å²) in [5.74, 6) is -3.45. The molecule has 2 aliphatic heterocycles. The van der Waals surface area contributed by atoms with Crippen LogP contribution in [0.2, 0.25) is 0 Å². The maximum absolute atomic E-state index is 13.9. The van der Waals surface area contributed by atoms with Gasteiger partial charge in [0, 0.05) is 36.3 Å². The third-order valence-electron chi connectivity index (χ3n) is 6.22. The van der Waals surface area contributed by atoms with Gasteiger partial charge in [0.05, 0.1) is 18.8 Å². The number of hydrogen-bond acceptors (Lipinski definition) is 7. The Kier molecular flexibility index (Phi) is 6.61. The van der Waals surface area contributed by atoms with Crippen LogP contribution >= 0.6 is 11.8 Å². The van der Waals surface area contributed by atoms with Gasteiger partial charge in [0.25, 0.3) is 17.7 Å². The highest BCUT2D eigenvalue weighted by atomic mass is 32.2. The highest BCUT2D eigenvalue weighted by molar-refractivity contribution is 7.99. The van der Waals surface area contributed by atoms with Crippen LogP contribution in [-0.2, 0) is 11.3 Å². The van der Waals surface area contributed by atoms with Crippen LogP contribution < -0.4 is 15.1 Å². The van der Waals surface area contributed by atoms with Gasteiger partial charge >= 0.3 is 0 Å². The average Bonchev–Trinajstić information content (AvgIpc) is 3.30. The Morgan fingerprint density at radius 1 is 1.22 bits per heavy atom. The molecule has 0 saturated carbocycles. The number of hydrogen-bond donors (Lipinski definition) is 1. The second-order valence-electron chi connectivity index (χ2n) is 8.90. The summed E-state index contributed by atoms with van der Waals surface area (Å²) in [4.78, 5) is 31.3. The van der Waals surface area contributed by atoms with E-state index in [0.29, 0.717) is 36.6 Å². The highest BCUT2D eigenvalue weighted by Gasteiger charge is 2.36. The first kappa shape index (κ1) is 24.2. The topological polar surface area (TPSA) is 96.2 Å². The Morgan fingerprint density at radius 3 is 2.81 bits per heavy atom. The summed E-state index contributed by atoms with van der Waals surface area (Å²) >= 11 is 1.42. The van der Waals surface area contributed by atoms with Crippen molar-refractivity contribution in [2.24, 2.45) is 0 Å². The van der Waals surface area contributed by atoms with Gasteiger partial charge in [-0.25, -0.2) is 8.78 Å². The first-order valence-corrected chi connectivity index (χ1v) is 12.6. The number of carbonyl (C=O) groups excluding carboxylic acids is 2. The minimum absolute atomic E-state index is 0.112. The number of carbonyl (C=O) groups is 2. The van der Waals surface area contributed by atoms with Crippen molar-refractivity contribution >= 4 is 35.0 Å². The monoisotopic (exact) mass is 513 g/mol. The van der Waals surface area contributed by atoms with E-state index in [1.165, 1.54) is 21.5 Å². The molecule has 1 fully saturated rings. The van der Waals surface area contributed by atoms with Crippen molar-refractivity contribution in [3.05, 3.63) is 59.9 Å². The van der Waals surface area contributed by atoms with Crippen LogP contribution in [0, 0.1) is 0 Å². The van der Waals surface area contributed by atoms with E-state index < -0.39 is 17.9 Å². The lowest BCUT2D eigenvalue weighted by Crippen LogP contribution is -2.48. The van der Waals surface area contributed by atoms with E-state index in [2.05, 4.69) is 20.7 Å². The highest BCUT2D eigenvalue weighted by Crippen LogP contribution is 2.38. The van der Waals surface area contributed by atoms with Crippen molar-refractivity contribution in [3.63, 3.8) is 0 Å². The number of nitrogens with zero attached hydrogens (tertiary/aromatic N) is 6. The summed E-state index contributed by atoms with van der Waals surface area (Å²) < 4.78 is 27.9. The lowest BCUT2D eigenvalue weighted by atomic mass is 10.1. The van der Waals surface area contributed by atoms with E-state index in [9.17, 15) is 18.4 Å². The Labute approximate surface area is 210 Å². The van der Waals surface area contributed by atoms with Crippen LogP contribution in [0.15, 0.2) is 53.4 Å². The summed E-state index contributed by atoms with van der Waals surface area (Å²) in [6, 6.07) is 14.1. The zero-order chi connectivity index (χ0) is 25.3. The van der Waals surface area contributed by atoms with Gasteiger partial charge < -0.3 is 15.1 Å². The number of piperidine rings is 1. The van der Waals surface area contributed by atoms with E-state index in [1.807, 2.05) is 36.4 Å². The third kappa shape index (κ3) is 5.18. The first-order valence-electron chi connectivity index (χ1n) is 11.6. The maximum Gasteiger partial charge on any atom is 0.293 e. The molecule has 2 aromatic carbocycles. The van der Waals surface area contributed by atoms with E-state index in [1.54, 1.807) is 24.1 Å². The van der Waals surface area contributed by atoms with Gasteiger partial charge in [0.1, 0.15) is 6.04 Å². The van der Waals surface area contributed by atoms with Crippen molar-refractivity contribution < 1.29 is 18.4 Å². The molecular formula is C24H25F2N7O2S. The lowest BCUT2D eigenvalue weighted by molar-refractivity contribution is -0.119. The molecule has 3 heterocycles. The maximum atomic E-state index is 13.9. The first-order chi connectivity index (χ1) is 17.3. The average molecular weight is 514 g/mol. The molecule has 36 heavy (non-hydrogen) atoms. The molecule has 188 valence electrons. The Bertz CT molecular complexity index is 1270. The summed E-state index contributed by atoms with van der Waals surface area (Å²) in [6.07, 6.45) is 0.296. The molecule has 5 rings (SSSR count). The summed E-state index contributed by atoms with van der Waals surface area (Å²) in [7, 11) is 1.62. The second-order valence-corrected chi connectivity index (χ2v) is 9.96. The third-order valence-corrected chi connectivity index (χ3v) is 7.38. The number of amides is 2. The fourth-order valence-corrected chi connectivity index (χ4v) is 5.42. The summed E-state index contributed by atoms with van der Waals surface area (Å²) in [6.45, 7) is 0.561. The van der Waals surface area contributed by atoms with Gasteiger partial charge in [-0.1, -0.05) is 30.3 Å². The summed E-state index contributed by atoms with van der Waals surface area (Å²) in [5, 5.41) is 14.6. The zero-order valence-corrected chi connectivity index (χ0v) is 20.4. The summed E-state index contributed by atoms with van der Waals surface area (Å²) in [5.41, 5.74) is 2.24. The van der Waals surface area contributed by atoms with Crippen LogP contribution in [0.1, 0.15) is 29.0 Å². The van der Waals surface area contributed by atoms with Crippen LogP contribution in [0.3, 0.4) is 0 Å². The van der Waals surface area contributed by atoms with Crippen molar-refractivity contribution in [2.75, 3.05) is 35.7 Å². The van der Waals surface area contributed by atoms with Gasteiger partial charge in [0.2, 0.25) is 5.91 Å². The molecule has 0 spiro atoms. The molecular weight excluding hydrogens is 488 g/mol. The molecule has 1 atom stereocenters. The van der Waals surface area contributed by atoms with E-state index >= 15 is 0 Å². The van der Waals surface area contributed by atoms with Crippen molar-refractivity contribution in [1.29, 1.82) is 0 Å². The Balaban J connectivity index is 1.27. The molecule has 3 aromatic rings. The predicted molar refractivity (Wildman–Crippen MR) is 132 cm³/mol. The fourth-order valence-electron chi connectivity index (χ4n) is 4.34. The number of anilines is 2. The van der Waals surface area contributed by atoms with Crippen molar-refractivity contribution in [2.45, 2.75) is 36.2 Å². The zero-order valence-electron chi connectivity index (χ0n) is 19.6. The molecule has 1 saturated heterocycles. The number of alkyl halides is 2. The number of fused-ring (bicyclic) bond motifs is 1. The fraction of sp³-hybridized carbons (Fsp3) is 0.375. The van der Waals surface area contributed by atoms with Crippen molar-refractivity contribution in [1.82, 2.24) is 25.5 Å². The molecule has 1 N–H and O–H groups in total. The smallest absolute Gasteiger partial charge is 0.293 e. The molecule has 0 bridgehead atoms. The van der Waals surface area contributed by atoms with Crippen molar-refractivity contribution in [3.8, 4) is 0 Å². The number of halogens is 2. The standard InChI is InChI=1S/C24H25F2N7O2S/c1-31-19-12-17(32-11-5-10-24(25,26)15-32)8-9-20(19)36-14-18(23(31)35)27-22(34)21-28-30-33(29-21)13-16-6-3-2-4-7-16/h2-4,6-9,12,18H,5,10-11,13-15H2,1H3,(H,27,34)/t18-/m0/s1. The molecule has 12 heteroatoms. The molecule has 0 unspecified atom stereocenters. The predicted octanol–water partition coefficient (Wildman–Crippen LogP) is 2.82. The van der Waals surface area contributed by atoms with Crippen LogP contribution in [0.4, 0.5) is 20.2 Å². The normalized spacial score (nSPS) is 19.5. The number of aromatic nitrogens is 4. The molecule has 2 amide bonds. The van der Waals surface area contributed by atoms with E-state index in [0.717, 1.165) is 10.5 Å². The number of rotatable bonds is 5. The van der Waals surface area contributed by atoms with Gasteiger partial charge in [-0.2, -0.15) is 4.80 Å². The van der Waals surface area contributed by atoms with Crippen LogP contribution in [-0.4, -0.2) is 69.9 Å². The van der Waals surface area contributed by atoms with E-state index in [4.69, 9.17) is 0 Å². The minimum atomic E-state index is -2.73. The molecule has 0 aliphatic carbocycles. The molecule has 0 radical (unpaired) electrons. The SMILES string of the molecule is CN1C(=O)[C@@H](NC(=O)c2nnn(Cc3ccccc3)n2)CSc2ccc(N3CCCC(F)(F)C3)cc21. The number of likely N-dealkylation sites (N-methyl/N-ethyl adjacent to an activating group) is 1. The van der Waals surface area contributed by atoms with Crippen LogP contribution in [0.5, 0.6) is 0 Å². The van der Waals surface area contributed by atoms with Gasteiger partial charge in [-0.3, -0.25) is 9.59 Å².